The molecular weight excluding hydrogens is 1120 g/mol. The van der Waals surface area contributed by atoms with Gasteiger partial charge in [0.15, 0.2) is 17.5 Å². The van der Waals surface area contributed by atoms with E-state index in [0.29, 0.717) is 84.3 Å². The number of anilines is 3. The predicted molar refractivity (Wildman–Crippen MR) is 363 cm³/mol. The third kappa shape index (κ3) is 8.65. The van der Waals surface area contributed by atoms with Crippen LogP contribution in [-0.2, 0) is 32.5 Å². The summed E-state index contributed by atoms with van der Waals surface area (Å²) in [4.78, 5) is 67.0. The van der Waals surface area contributed by atoms with Crippen molar-refractivity contribution < 1.29 is 13.3 Å². The van der Waals surface area contributed by atoms with Crippen LogP contribution in [0.25, 0.3) is 100 Å². The Labute approximate surface area is 525 Å². The number of fused-ring (bicyclic) bond motifs is 6. The summed E-state index contributed by atoms with van der Waals surface area (Å²) < 4.78 is 19.6. The molecule has 6 aliphatic heterocycles. The molecular formula is C78H78N6O6. The molecule has 4 aromatic heterocycles. The molecule has 0 atom stereocenters. The van der Waals surface area contributed by atoms with Crippen molar-refractivity contribution in [2.75, 3.05) is 54.0 Å². The highest BCUT2D eigenvalue weighted by Gasteiger charge is 2.45. The van der Waals surface area contributed by atoms with E-state index in [2.05, 4.69) is 116 Å². The van der Waals surface area contributed by atoms with Crippen LogP contribution in [0.15, 0.2) is 137 Å². The fraction of sp³-hybridized carbons (Fsp3) is 0.385. The third-order valence-corrected chi connectivity index (χ3v) is 22.1. The molecule has 0 saturated carbocycles. The molecule has 0 aliphatic carbocycles. The van der Waals surface area contributed by atoms with Gasteiger partial charge in [-0.15, -0.1) is 0 Å². The Bertz CT molecular complexity index is 4470. The van der Waals surface area contributed by atoms with E-state index in [0.717, 1.165) is 111 Å². The summed E-state index contributed by atoms with van der Waals surface area (Å²) in [6.45, 7) is 33.4. The molecule has 0 spiro atoms. The van der Waals surface area contributed by atoms with Crippen LogP contribution in [0.5, 0.6) is 0 Å². The Kier molecular flexibility index (Phi) is 12.1. The number of nitrogens with zero attached hydrogens (tertiary/aromatic N) is 6. The van der Waals surface area contributed by atoms with Crippen LogP contribution < -0.4 is 31.6 Å². The second-order valence-electron chi connectivity index (χ2n) is 30.9. The summed E-state index contributed by atoms with van der Waals surface area (Å²) in [7, 11) is 0. The third-order valence-electron chi connectivity index (χ3n) is 22.1. The fourth-order valence-corrected chi connectivity index (χ4v) is 16.3. The second-order valence-corrected chi connectivity index (χ2v) is 30.9. The van der Waals surface area contributed by atoms with Crippen molar-refractivity contribution >= 4 is 50.0 Å². The summed E-state index contributed by atoms with van der Waals surface area (Å²) in [5, 5.41) is 2.71. The standard InChI is InChI=1S/C78H78N6O6/c1-73(2)22-28-82-31-25-76(7,8)58-61(82)55(73)40-49-37-52(70(85)88-64(49)58)43-16-13-19-46(34-43)67-79-68(47-20-14-17-44(35-47)53-38-50-41-56-62-59(65(50)89-71(53)86)77(9,10)26-32-83(62)29-23-74(56,3)4)81-69(80-67)48-21-15-18-45(36-48)54-39-51-42-57-63-60(66(51)90-72(54)87)78(11,12)27-33-84(63)30-24-75(57,5)6/h13-21,34-42H,22-33H2,1-12H3. The quantitative estimate of drug-likeness (QED) is 0.146. The maximum absolute atomic E-state index is 14.6. The van der Waals surface area contributed by atoms with E-state index in [1.165, 1.54) is 33.8 Å². The molecule has 0 radical (unpaired) electrons. The highest BCUT2D eigenvalue weighted by molar-refractivity contribution is 5.96. The van der Waals surface area contributed by atoms with Gasteiger partial charge in [0, 0.05) is 106 Å². The molecule has 0 saturated heterocycles. The Balaban J connectivity index is 0.849. The van der Waals surface area contributed by atoms with Gasteiger partial charge in [-0.05, 0) is 159 Å². The Morgan fingerprint density at radius 2 is 0.567 bits per heavy atom. The average Bonchev–Trinajstić information content (AvgIpc) is 0.731. The minimum atomic E-state index is -0.414. The lowest BCUT2D eigenvalue weighted by atomic mass is 9.69. The summed E-state index contributed by atoms with van der Waals surface area (Å²) in [6, 6.07) is 36.1. The van der Waals surface area contributed by atoms with Crippen LogP contribution in [0.3, 0.4) is 0 Å². The predicted octanol–water partition coefficient (Wildman–Crippen LogP) is 16.7. The first-order valence-corrected chi connectivity index (χ1v) is 32.5. The van der Waals surface area contributed by atoms with Crippen LogP contribution in [0, 0.1) is 0 Å². The van der Waals surface area contributed by atoms with Gasteiger partial charge >= 0.3 is 16.9 Å². The topological polar surface area (TPSA) is 139 Å². The Morgan fingerprint density at radius 1 is 0.322 bits per heavy atom. The minimum Gasteiger partial charge on any atom is -0.422 e. The van der Waals surface area contributed by atoms with Gasteiger partial charge < -0.3 is 28.0 Å². The molecule has 6 aromatic carbocycles. The maximum Gasteiger partial charge on any atom is 0.344 e. The Morgan fingerprint density at radius 3 is 0.833 bits per heavy atom. The van der Waals surface area contributed by atoms with Gasteiger partial charge in [-0.3, -0.25) is 0 Å². The molecule has 90 heavy (non-hydrogen) atoms. The first kappa shape index (κ1) is 56.6. The van der Waals surface area contributed by atoms with Crippen LogP contribution in [0.1, 0.15) is 155 Å². The summed E-state index contributed by atoms with van der Waals surface area (Å²) >= 11 is 0. The molecule has 6 aliphatic rings. The smallest absolute Gasteiger partial charge is 0.344 e. The van der Waals surface area contributed by atoms with Crippen LogP contribution in [0.4, 0.5) is 17.1 Å². The van der Waals surface area contributed by atoms with Crippen molar-refractivity contribution in [3.8, 4) is 67.5 Å². The van der Waals surface area contributed by atoms with E-state index < -0.39 is 16.9 Å². The number of rotatable bonds is 6. The first-order valence-electron chi connectivity index (χ1n) is 32.5. The number of hydrogen-bond donors (Lipinski definition) is 0. The van der Waals surface area contributed by atoms with Crippen LogP contribution in [-0.4, -0.2) is 54.2 Å². The molecule has 0 N–H and O–H groups in total. The van der Waals surface area contributed by atoms with E-state index in [1.54, 1.807) is 0 Å². The zero-order valence-electron chi connectivity index (χ0n) is 54.0. The molecule has 0 amide bonds. The molecule has 10 heterocycles. The molecule has 12 heteroatoms. The van der Waals surface area contributed by atoms with E-state index in [9.17, 15) is 14.4 Å². The second kappa shape index (κ2) is 19.2. The fourth-order valence-electron chi connectivity index (χ4n) is 16.3. The van der Waals surface area contributed by atoms with Crippen LogP contribution in [0.2, 0.25) is 0 Å². The van der Waals surface area contributed by atoms with Crippen molar-refractivity contribution in [3.05, 3.63) is 174 Å². The van der Waals surface area contributed by atoms with E-state index >= 15 is 0 Å². The average molecular weight is 1200 g/mol. The molecule has 12 nitrogen and oxygen atoms in total. The highest BCUT2D eigenvalue weighted by atomic mass is 16.4. The van der Waals surface area contributed by atoms with Gasteiger partial charge in [0.2, 0.25) is 0 Å². The molecule has 0 bridgehead atoms. The lowest BCUT2D eigenvalue weighted by Gasteiger charge is -2.48. The number of benzene rings is 6. The maximum atomic E-state index is 14.6. The van der Waals surface area contributed by atoms with Crippen molar-refractivity contribution in [2.45, 2.75) is 154 Å². The first-order chi connectivity index (χ1) is 42.7. The monoisotopic (exact) mass is 1190 g/mol. The van der Waals surface area contributed by atoms with Gasteiger partial charge in [0.1, 0.15) is 16.7 Å². The molecule has 0 unspecified atom stereocenters. The van der Waals surface area contributed by atoms with Crippen molar-refractivity contribution in [1.29, 1.82) is 0 Å². The normalized spacial score (nSPS) is 19.4. The van der Waals surface area contributed by atoms with Crippen molar-refractivity contribution in [1.82, 2.24) is 15.0 Å². The van der Waals surface area contributed by atoms with E-state index in [-0.39, 0.29) is 32.5 Å². The number of aromatic nitrogens is 3. The summed E-state index contributed by atoms with van der Waals surface area (Å²) in [6.07, 6.45) is 6.01. The van der Waals surface area contributed by atoms with E-state index in [1.807, 2.05) is 91.0 Å². The van der Waals surface area contributed by atoms with Gasteiger partial charge in [-0.1, -0.05) is 138 Å². The van der Waals surface area contributed by atoms with Gasteiger partial charge in [0.05, 0.1) is 16.7 Å². The zero-order chi connectivity index (χ0) is 62.5. The van der Waals surface area contributed by atoms with E-state index in [4.69, 9.17) is 28.2 Å². The lowest BCUT2D eigenvalue weighted by molar-refractivity contribution is 0.398. The summed E-state index contributed by atoms with van der Waals surface area (Å²) in [5.41, 5.74) is 16.2. The lowest BCUT2D eigenvalue weighted by Crippen LogP contribution is -2.44. The van der Waals surface area contributed by atoms with Gasteiger partial charge in [-0.2, -0.15) is 0 Å². The highest BCUT2D eigenvalue weighted by Crippen LogP contribution is 2.55. The summed E-state index contributed by atoms with van der Waals surface area (Å²) in [5.74, 6) is 1.10. The van der Waals surface area contributed by atoms with Crippen LogP contribution >= 0.6 is 0 Å². The van der Waals surface area contributed by atoms with Crippen molar-refractivity contribution in [2.24, 2.45) is 0 Å². The van der Waals surface area contributed by atoms with Gasteiger partial charge in [-0.25, -0.2) is 29.3 Å². The van der Waals surface area contributed by atoms with Crippen molar-refractivity contribution in [3.63, 3.8) is 0 Å². The molecule has 16 rings (SSSR count). The SMILES string of the molecule is CC1(C)CCN2CCC(C)(C)c3c2c1cc1cc(-c2cccc(-c4nc(-c5cccc(-c6cc7cc8c9c(c7oc6=O)C(C)(C)CCN9CCC8(C)C)c5)nc(-c5cccc(-c6cc7cc8c9c(c7oc6=O)C(C)(C)CCN9CCC8(C)C)c5)n4)c2)c(=O)oc31. The molecule has 0 fully saturated rings. The molecule has 456 valence electrons. The number of hydrogen-bond acceptors (Lipinski definition) is 12. The Hall–Kier alpha value is -8.64. The largest absolute Gasteiger partial charge is 0.422 e. The zero-order valence-corrected chi connectivity index (χ0v) is 54.0. The minimum absolute atomic E-state index is 0.0605. The van der Waals surface area contributed by atoms with Gasteiger partial charge in [0.25, 0.3) is 0 Å². The molecule has 10 aromatic rings.